The van der Waals surface area contributed by atoms with E-state index in [1.807, 2.05) is 0 Å². The molecule has 0 saturated heterocycles. The molecule has 18 heavy (non-hydrogen) atoms. The van der Waals surface area contributed by atoms with Crippen LogP contribution in [0.3, 0.4) is 0 Å². The minimum Gasteiger partial charge on any atom is -0.360 e. The second-order valence-corrected chi connectivity index (χ2v) is 6.16. The minimum absolute atomic E-state index is 0.146. The molecule has 96 valence electrons. The van der Waals surface area contributed by atoms with Crippen molar-refractivity contribution in [2.24, 2.45) is 0 Å². The van der Waals surface area contributed by atoms with Crippen molar-refractivity contribution in [1.82, 2.24) is 5.16 Å². The van der Waals surface area contributed by atoms with Crippen LogP contribution in [0.5, 0.6) is 0 Å². The molecule has 2 aromatic rings. The van der Waals surface area contributed by atoms with Crippen LogP contribution in [0, 0.1) is 12.7 Å². The molecule has 0 radical (unpaired) electrons. The third-order valence-electron chi connectivity index (χ3n) is 2.34. The van der Waals surface area contributed by atoms with E-state index in [1.165, 1.54) is 24.3 Å². The number of aromatic nitrogens is 1. The Morgan fingerprint density at radius 1 is 1.22 bits per heavy atom. The molecule has 1 aromatic carbocycles. The molecule has 0 bridgehead atoms. The van der Waals surface area contributed by atoms with Gasteiger partial charge in [0.1, 0.15) is 11.6 Å². The maximum Gasteiger partial charge on any atom is 0.161 e. The second kappa shape index (κ2) is 4.89. The quantitative estimate of drug-likeness (QED) is 0.854. The molecule has 0 amide bonds. The van der Waals surface area contributed by atoms with Gasteiger partial charge in [-0.15, -0.1) is 0 Å². The topological polar surface area (TPSA) is 60.2 Å². The summed E-state index contributed by atoms with van der Waals surface area (Å²) in [6, 6.07) is 6.98. The number of nitrogens with zero attached hydrogens (tertiary/aromatic N) is 1. The van der Waals surface area contributed by atoms with Gasteiger partial charge in [0.2, 0.25) is 0 Å². The van der Waals surface area contributed by atoms with Gasteiger partial charge in [-0.3, -0.25) is 0 Å². The number of aryl methyl sites for hydroxylation is 1. The van der Waals surface area contributed by atoms with Gasteiger partial charge in [-0.2, -0.15) is 0 Å². The first-order chi connectivity index (χ1) is 8.44. The van der Waals surface area contributed by atoms with Gasteiger partial charge >= 0.3 is 0 Å². The molecule has 0 saturated carbocycles. The summed E-state index contributed by atoms with van der Waals surface area (Å²) in [4.78, 5) is 0. The van der Waals surface area contributed by atoms with Crippen LogP contribution in [-0.4, -0.2) is 13.6 Å². The number of halogens is 1. The first-order valence-electron chi connectivity index (χ1n) is 5.32. The van der Waals surface area contributed by atoms with Crippen molar-refractivity contribution in [2.45, 2.75) is 18.4 Å². The minimum atomic E-state index is -3.34. The SMILES string of the molecule is Cc1cc(CS(=O)(=O)Cc2ccc(F)cc2)on1. The highest BCUT2D eigenvalue weighted by Gasteiger charge is 2.16. The highest BCUT2D eigenvalue weighted by Crippen LogP contribution is 2.13. The molecule has 6 heteroatoms. The van der Waals surface area contributed by atoms with Gasteiger partial charge in [0.05, 0.1) is 11.4 Å². The Balaban J connectivity index is 2.10. The zero-order valence-electron chi connectivity index (χ0n) is 9.76. The van der Waals surface area contributed by atoms with Gasteiger partial charge in [0.15, 0.2) is 15.6 Å². The van der Waals surface area contributed by atoms with Crippen molar-refractivity contribution in [1.29, 1.82) is 0 Å². The zero-order chi connectivity index (χ0) is 13.2. The fourth-order valence-corrected chi connectivity index (χ4v) is 2.96. The maximum atomic E-state index is 12.7. The molecule has 1 aromatic heterocycles. The lowest BCUT2D eigenvalue weighted by atomic mass is 10.2. The van der Waals surface area contributed by atoms with Crippen molar-refractivity contribution >= 4 is 9.84 Å². The van der Waals surface area contributed by atoms with E-state index in [0.717, 1.165) is 0 Å². The maximum absolute atomic E-state index is 12.7. The van der Waals surface area contributed by atoms with Gasteiger partial charge in [0.25, 0.3) is 0 Å². The largest absolute Gasteiger partial charge is 0.360 e. The van der Waals surface area contributed by atoms with E-state index in [9.17, 15) is 12.8 Å². The van der Waals surface area contributed by atoms with Crippen LogP contribution in [0.2, 0.25) is 0 Å². The highest BCUT2D eigenvalue weighted by molar-refractivity contribution is 7.89. The van der Waals surface area contributed by atoms with E-state index >= 15 is 0 Å². The Hall–Kier alpha value is -1.69. The number of hydrogen-bond acceptors (Lipinski definition) is 4. The van der Waals surface area contributed by atoms with Crippen molar-refractivity contribution in [3.63, 3.8) is 0 Å². The standard InChI is InChI=1S/C12H12FNO3S/c1-9-6-12(17-14-9)8-18(15,16)7-10-2-4-11(13)5-3-10/h2-6H,7-8H2,1H3. The Kier molecular flexibility index (Phi) is 3.47. The van der Waals surface area contributed by atoms with Gasteiger partial charge in [-0.1, -0.05) is 17.3 Å². The fraction of sp³-hybridized carbons (Fsp3) is 0.250. The van der Waals surface area contributed by atoms with E-state index in [0.29, 0.717) is 17.0 Å². The smallest absolute Gasteiger partial charge is 0.161 e. The molecule has 0 unspecified atom stereocenters. The molecule has 0 fully saturated rings. The monoisotopic (exact) mass is 269 g/mol. The van der Waals surface area contributed by atoms with Gasteiger partial charge in [0, 0.05) is 6.07 Å². The molecule has 1 heterocycles. The number of benzene rings is 1. The summed E-state index contributed by atoms with van der Waals surface area (Å²) in [6.07, 6.45) is 0. The van der Waals surface area contributed by atoms with Crippen molar-refractivity contribution in [3.8, 4) is 0 Å². The third kappa shape index (κ3) is 3.40. The third-order valence-corrected chi connectivity index (χ3v) is 3.84. The van der Waals surface area contributed by atoms with Crippen molar-refractivity contribution in [3.05, 3.63) is 53.2 Å². The van der Waals surface area contributed by atoms with Crippen LogP contribution in [0.4, 0.5) is 4.39 Å². The summed E-state index contributed by atoms with van der Waals surface area (Å²) < 4.78 is 41.3. The molecular weight excluding hydrogens is 257 g/mol. The molecular formula is C12H12FNO3S. The Morgan fingerprint density at radius 3 is 2.44 bits per heavy atom. The molecule has 4 nitrogen and oxygen atoms in total. The Bertz CT molecular complexity index is 632. The molecule has 0 spiro atoms. The first-order valence-corrected chi connectivity index (χ1v) is 7.14. The van der Waals surface area contributed by atoms with Gasteiger partial charge in [-0.25, -0.2) is 12.8 Å². The molecule has 2 rings (SSSR count). The van der Waals surface area contributed by atoms with Gasteiger partial charge in [-0.05, 0) is 24.6 Å². The summed E-state index contributed by atoms with van der Waals surface area (Å²) in [5.41, 5.74) is 1.19. The van der Waals surface area contributed by atoms with Crippen LogP contribution in [-0.2, 0) is 21.3 Å². The second-order valence-electron chi connectivity index (χ2n) is 4.09. The van der Waals surface area contributed by atoms with Gasteiger partial charge < -0.3 is 4.52 Å². The zero-order valence-corrected chi connectivity index (χ0v) is 10.6. The Labute approximate surface area is 104 Å². The Morgan fingerprint density at radius 2 is 1.89 bits per heavy atom. The number of hydrogen-bond donors (Lipinski definition) is 0. The normalized spacial score (nSPS) is 11.7. The summed E-state index contributed by atoms with van der Waals surface area (Å²) >= 11 is 0. The van der Waals surface area contributed by atoms with Crippen LogP contribution >= 0.6 is 0 Å². The summed E-state index contributed by atoms with van der Waals surface area (Å²) in [5.74, 6) is -0.422. The first kappa shape index (κ1) is 12.8. The van der Waals surface area contributed by atoms with Crippen LogP contribution < -0.4 is 0 Å². The van der Waals surface area contributed by atoms with E-state index in [-0.39, 0.29) is 17.3 Å². The van der Waals surface area contributed by atoms with Crippen LogP contribution in [0.15, 0.2) is 34.9 Å². The summed E-state index contributed by atoms with van der Waals surface area (Å²) in [7, 11) is -3.34. The van der Waals surface area contributed by atoms with E-state index in [2.05, 4.69) is 5.16 Å². The van der Waals surface area contributed by atoms with Crippen LogP contribution in [0.25, 0.3) is 0 Å². The predicted octanol–water partition coefficient (Wildman–Crippen LogP) is 2.24. The molecule has 0 atom stereocenters. The average Bonchev–Trinajstić information content (AvgIpc) is 2.66. The van der Waals surface area contributed by atoms with Crippen molar-refractivity contribution in [2.75, 3.05) is 0 Å². The number of rotatable bonds is 4. The molecule has 0 aliphatic carbocycles. The summed E-state index contributed by atoms with van der Waals surface area (Å²) in [6.45, 7) is 1.72. The van der Waals surface area contributed by atoms with E-state index < -0.39 is 9.84 Å². The lowest BCUT2D eigenvalue weighted by Gasteiger charge is -2.02. The van der Waals surface area contributed by atoms with E-state index in [1.54, 1.807) is 13.0 Å². The lowest BCUT2D eigenvalue weighted by molar-refractivity contribution is 0.388. The fourth-order valence-electron chi connectivity index (χ4n) is 1.59. The van der Waals surface area contributed by atoms with Crippen LogP contribution in [0.1, 0.15) is 17.0 Å². The predicted molar refractivity (Wildman–Crippen MR) is 64.0 cm³/mol. The molecule has 0 aliphatic rings. The summed E-state index contributed by atoms with van der Waals surface area (Å²) in [5, 5.41) is 3.63. The molecule has 0 aliphatic heterocycles. The number of sulfone groups is 1. The lowest BCUT2D eigenvalue weighted by Crippen LogP contribution is -2.07. The van der Waals surface area contributed by atoms with Crippen molar-refractivity contribution < 1.29 is 17.3 Å². The highest BCUT2D eigenvalue weighted by atomic mass is 32.2. The van der Waals surface area contributed by atoms with E-state index in [4.69, 9.17) is 4.52 Å². The average molecular weight is 269 g/mol. The molecule has 0 N–H and O–H groups in total.